The van der Waals surface area contributed by atoms with Crippen LogP contribution in [-0.2, 0) is 0 Å². The molecule has 166 valence electrons. The molecule has 1 aliphatic heterocycles. The zero-order valence-electron chi connectivity index (χ0n) is 17.2. The molecule has 1 amide bonds. The smallest absolute Gasteiger partial charge is 0.344 e. The van der Waals surface area contributed by atoms with Gasteiger partial charge in [-0.3, -0.25) is 19.8 Å². The van der Waals surface area contributed by atoms with E-state index in [1.807, 2.05) is 0 Å². The van der Waals surface area contributed by atoms with Crippen LogP contribution in [-0.4, -0.2) is 52.0 Å². The molecule has 1 aliphatic rings. The Bertz CT molecular complexity index is 1080. The normalized spacial score (nSPS) is 14.7. The van der Waals surface area contributed by atoms with Crippen LogP contribution in [0, 0.1) is 28.7 Å². The molecule has 4 rings (SSSR count). The number of hydrogen-bond acceptors (Lipinski definition) is 6. The molecule has 1 fully saturated rings. The molecule has 8 nitrogen and oxygen atoms in total. The van der Waals surface area contributed by atoms with Crippen molar-refractivity contribution in [1.29, 1.82) is 0 Å². The monoisotopic (exact) mass is 442 g/mol. The molecule has 0 aliphatic carbocycles. The summed E-state index contributed by atoms with van der Waals surface area (Å²) in [5.41, 5.74) is 0.934. The number of hydrogen-bond donors (Lipinski definition) is 0. The highest BCUT2D eigenvalue weighted by Crippen LogP contribution is 2.31. The van der Waals surface area contributed by atoms with Crippen LogP contribution in [0.15, 0.2) is 53.1 Å². The molecular formula is C22H20F2N4O4. The fourth-order valence-electron chi connectivity index (χ4n) is 3.96. The van der Waals surface area contributed by atoms with E-state index in [1.54, 1.807) is 24.3 Å². The van der Waals surface area contributed by atoms with Crippen molar-refractivity contribution in [3.8, 4) is 0 Å². The second-order valence-corrected chi connectivity index (χ2v) is 7.53. The van der Waals surface area contributed by atoms with Crippen molar-refractivity contribution >= 4 is 11.6 Å². The third kappa shape index (κ3) is 4.22. The van der Waals surface area contributed by atoms with Gasteiger partial charge >= 0.3 is 5.69 Å². The largest absolute Gasteiger partial charge is 0.353 e. The third-order valence-corrected chi connectivity index (χ3v) is 5.55. The van der Waals surface area contributed by atoms with Crippen molar-refractivity contribution in [1.82, 2.24) is 15.0 Å². The molecular weight excluding hydrogens is 422 g/mol. The Balaban J connectivity index is 1.55. The van der Waals surface area contributed by atoms with Crippen molar-refractivity contribution in [3.05, 3.63) is 92.9 Å². The minimum Gasteiger partial charge on any atom is -0.353 e. The molecule has 0 N–H and O–H groups in total. The minimum atomic E-state index is -0.672. The van der Waals surface area contributed by atoms with E-state index >= 15 is 0 Å². The molecule has 0 radical (unpaired) electrons. The van der Waals surface area contributed by atoms with E-state index in [-0.39, 0.29) is 29.1 Å². The summed E-state index contributed by atoms with van der Waals surface area (Å²) in [5, 5.41) is 14.9. The van der Waals surface area contributed by atoms with Crippen LogP contribution in [0.4, 0.5) is 14.5 Å². The number of aryl methyl sites for hydroxylation is 1. The molecule has 2 aromatic carbocycles. The van der Waals surface area contributed by atoms with Gasteiger partial charge in [-0.15, -0.1) is 0 Å². The highest BCUT2D eigenvalue weighted by molar-refractivity contribution is 5.96. The SMILES string of the molecule is Cc1onc(C(=O)N2CCN(C(c3ccc(F)cc3)c3ccc(F)cc3)CC2)c1[N+](=O)[O-]. The van der Waals surface area contributed by atoms with Gasteiger partial charge < -0.3 is 9.42 Å². The Morgan fingerprint density at radius 3 is 1.97 bits per heavy atom. The molecule has 0 unspecified atom stereocenters. The third-order valence-electron chi connectivity index (χ3n) is 5.55. The van der Waals surface area contributed by atoms with Crippen molar-refractivity contribution in [2.24, 2.45) is 0 Å². The zero-order valence-corrected chi connectivity index (χ0v) is 17.2. The molecule has 0 bridgehead atoms. The number of rotatable bonds is 5. The number of piperazine rings is 1. The first-order valence-corrected chi connectivity index (χ1v) is 10.00. The number of nitro groups is 1. The number of halogens is 2. The van der Waals surface area contributed by atoms with Gasteiger partial charge in [0.1, 0.15) is 11.6 Å². The lowest BCUT2D eigenvalue weighted by molar-refractivity contribution is -0.386. The molecule has 1 saturated heterocycles. The van der Waals surface area contributed by atoms with Gasteiger partial charge in [-0.05, 0) is 35.4 Å². The predicted molar refractivity (Wildman–Crippen MR) is 110 cm³/mol. The van der Waals surface area contributed by atoms with E-state index in [4.69, 9.17) is 4.52 Å². The summed E-state index contributed by atoms with van der Waals surface area (Å²) in [4.78, 5) is 27.0. The summed E-state index contributed by atoms with van der Waals surface area (Å²) in [5.74, 6) is -1.30. The fourth-order valence-corrected chi connectivity index (χ4v) is 3.96. The Labute approximate surface area is 182 Å². The van der Waals surface area contributed by atoms with Gasteiger partial charge in [-0.1, -0.05) is 29.4 Å². The molecule has 3 aromatic rings. The maximum absolute atomic E-state index is 13.5. The maximum atomic E-state index is 13.5. The number of carbonyl (C=O) groups is 1. The van der Waals surface area contributed by atoms with Crippen LogP contribution in [0.2, 0.25) is 0 Å². The molecule has 10 heteroatoms. The Morgan fingerprint density at radius 2 is 1.50 bits per heavy atom. The van der Waals surface area contributed by atoms with Crippen molar-refractivity contribution in [3.63, 3.8) is 0 Å². The molecule has 2 heterocycles. The summed E-state index contributed by atoms with van der Waals surface area (Å²) < 4.78 is 31.8. The standard InChI is InChI=1S/C22H20F2N4O4/c1-14-20(28(30)31)19(25-32-14)22(29)27-12-10-26(11-13-27)21(15-2-6-17(23)7-3-15)16-4-8-18(24)9-5-16/h2-9,21H,10-13H2,1H3. The summed E-state index contributed by atoms with van der Waals surface area (Å²) in [6, 6.07) is 12.0. The van der Waals surface area contributed by atoms with Gasteiger partial charge in [0.05, 0.1) is 11.0 Å². The fraction of sp³-hybridized carbons (Fsp3) is 0.273. The summed E-state index contributed by atoms with van der Waals surface area (Å²) >= 11 is 0. The van der Waals surface area contributed by atoms with Crippen LogP contribution in [0.25, 0.3) is 0 Å². The highest BCUT2D eigenvalue weighted by Gasteiger charge is 2.35. The number of carbonyl (C=O) groups excluding carboxylic acids is 1. The predicted octanol–water partition coefficient (Wildman–Crippen LogP) is 3.72. The number of amides is 1. The van der Waals surface area contributed by atoms with E-state index < -0.39 is 16.5 Å². The topological polar surface area (TPSA) is 92.7 Å². The lowest BCUT2D eigenvalue weighted by Gasteiger charge is -2.39. The van der Waals surface area contributed by atoms with Crippen molar-refractivity contribution in [2.45, 2.75) is 13.0 Å². The van der Waals surface area contributed by atoms with Gasteiger partial charge in [0, 0.05) is 33.1 Å². The number of nitrogens with zero attached hydrogens (tertiary/aromatic N) is 4. The Morgan fingerprint density at radius 1 is 1.00 bits per heavy atom. The Hall–Kier alpha value is -3.66. The molecule has 1 aromatic heterocycles. The van der Waals surface area contributed by atoms with E-state index in [0.29, 0.717) is 26.2 Å². The molecule has 0 atom stereocenters. The second-order valence-electron chi connectivity index (χ2n) is 7.53. The van der Waals surface area contributed by atoms with E-state index in [1.165, 1.54) is 36.1 Å². The summed E-state index contributed by atoms with van der Waals surface area (Å²) in [6.45, 7) is 2.91. The lowest BCUT2D eigenvalue weighted by atomic mass is 9.96. The van der Waals surface area contributed by atoms with Gasteiger partial charge in [0.2, 0.25) is 11.5 Å². The van der Waals surface area contributed by atoms with E-state index in [0.717, 1.165) is 11.1 Å². The van der Waals surface area contributed by atoms with Crippen LogP contribution in [0.3, 0.4) is 0 Å². The molecule has 0 spiro atoms. The summed E-state index contributed by atoms with van der Waals surface area (Å²) in [6.07, 6.45) is 0. The second kappa shape index (κ2) is 8.83. The lowest BCUT2D eigenvalue weighted by Crippen LogP contribution is -2.50. The minimum absolute atomic E-state index is 0.0235. The van der Waals surface area contributed by atoms with Crippen molar-refractivity contribution in [2.75, 3.05) is 26.2 Å². The average molecular weight is 442 g/mol. The van der Waals surface area contributed by atoms with Crippen LogP contribution in [0.5, 0.6) is 0 Å². The first-order chi connectivity index (χ1) is 15.3. The highest BCUT2D eigenvalue weighted by atomic mass is 19.1. The van der Waals surface area contributed by atoms with Gasteiger partial charge in [-0.25, -0.2) is 8.78 Å². The van der Waals surface area contributed by atoms with Gasteiger partial charge in [0.15, 0.2) is 0 Å². The van der Waals surface area contributed by atoms with E-state index in [9.17, 15) is 23.7 Å². The van der Waals surface area contributed by atoms with Crippen LogP contribution >= 0.6 is 0 Å². The van der Waals surface area contributed by atoms with E-state index in [2.05, 4.69) is 10.1 Å². The molecule has 32 heavy (non-hydrogen) atoms. The first-order valence-electron chi connectivity index (χ1n) is 10.00. The van der Waals surface area contributed by atoms with Gasteiger partial charge in [0.25, 0.3) is 5.91 Å². The summed E-state index contributed by atoms with van der Waals surface area (Å²) in [7, 11) is 0. The maximum Gasteiger partial charge on any atom is 0.344 e. The average Bonchev–Trinajstić information content (AvgIpc) is 3.18. The zero-order chi connectivity index (χ0) is 22.8. The number of benzene rings is 2. The quantitative estimate of drug-likeness (QED) is 0.442. The Kier molecular flexibility index (Phi) is 5.95. The van der Waals surface area contributed by atoms with Crippen molar-refractivity contribution < 1.29 is 23.0 Å². The van der Waals surface area contributed by atoms with Gasteiger partial charge in [-0.2, -0.15) is 0 Å². The first kappa shape index (κ1) is 21.6. The van der Waals surface area contributed by atoms with Crippen LogP contribution < -0.4 is 0 Å². The number of aromatic nitrogens is 1. The van der Waals surface area contributed by atoms with Crippen LogP contribution in [0.1, 0.15) is 33.4 Å². The molecule has 0 saturated carbocycles.